The molecule has 1 saturated heterocycles. The van der Waals surface area contributed by atoms with Crippen LogP contribution in [0.2, 0.25) is 0 Å². The molecule has 1 saturated carbocycles. The van der Waals surface area contributed by atoms with E-state index in [1.54, 1.807) is 24.0 Å². The Morgan fingerprint density at radius 2 is 2.14 bits per heavy atom. The summed E-state index contributed by atoms with van der Waals surface area (Å²) < 4.78 is 14.1. The first kappa shape index (κ1) is 14.0. The van der Waals surface area contributed by atoms with Gasteiger partial charge in [0.25, 0.3) is 0 Å². The minimum absolute atomic E-state index is 0.0623. The summed E-state index contributed by atoms with van der Waals surface area (Å²) in [4.78, 5) is 25.0. The summed E-state index contributed by atoms with van der Waals surface area (Å²) in [5, 5.41) is 5.57. The van der Waals surface area contributed by atoms with Gasteiger partial charge in [0.15, 0.2) is 0 Å². The molecular weight excluding hydrogens is 273 g/mol. The van der Waals surface area contributed by atoms with Crippen LogP contribution >= 0.6 is 0 Å². The predicted molar refractivity (Wildman–Crippen MR) is 76.2 cm³/mol. The lowest BCUT2D eigenvalue weighted by atomic mass is 10.1. The van der Waals surface area contributed by atoms with Crippen LogP contribution in [0.3, 0.4) is 0 Å². The van der Waals surface area contributed by atoms with Gasteiger partial charge >= 0.3 is 0 Å². The molecule has 6 heteroatoms. The fourth-order valence-corrected chi connectivity index (χ4v) is 2.53. The van der Waals surface area contributed by atoms with Gasteiger partial charge in [-0.05, 0) is 31.9 Å². The maximum Gasteiger partial charge on any atom is 0.249 e. The molecule has 2 amide bonds. The normalized spacial score (nSPS) is 22.4. The molecule has 2 N–H and O–H groups in total. The minimum Gasteiger partial charge on any atom is -0.350 e. The molecule has 0 spiro atoms. The molecule has 1 heterocycles. The van der Waals surface area contributed by atoms with Gasteiger partial charge in [0.1, 0.15) is 11.9 Å². The zero-order valence-corrected chi connectivity index (χ0v) is 11.9. The third kappa shape index (κ3) is 2.90. The van der Waals surface area contributed by atoms with E-state index in [2.05, 4.69) is 10.6 Å². The van der Waals surface area contributed by atoms with Crippen molar-refractivity contribution >= 4 is 17.5 Å². The molecule has 112 valence electrons. The fraction of sp³-hybridized carbons (Fsp3) is 0.467. The Hall–Kier alpha value is -1.95. The summed E-state index contributed by atoms with van der Waals surface area (Å²) in [6, 6.07) is 4.74. The van der Waals surface area contributed by atoms with Crippen molar-refractivity contribution in [2.24, 2.45) is 0 Å². The van der Waals surface area contributed by atoms with E-state index in [0.29, 0.717) is 23.8 Å². The van der Waals surface area contributed by atoms with E-state index in [-0.39, 0.29) is 24.2 Å². The van der Waals surface area contributed by atoms with Crippen LogP contribution in [0, 0.1) is 5.82 Å². The smallest absolute Gasteiger partial charge is 0.249 e. The van der Waals surface area contributed by atoms with Crippen molar-refractivity contribution in [3.05, 3.63) is 29.6 Å². The summed E-state index contributed by atoms with van der Waals surface area (Å²) in [6.07, 6.45) is 2.23. The van der Waals surface area contributed by atoms with Gasteiger partial charge in [-0.15, -0.1) is 0 Å². The minimum atomic E-state index is -0.496. The number of nitrogens with one attached hydrogen (secondary N) is 2. The third-order valence-electron chi connectivity index (χ3n) is 3.97. The van der Waals surface area contributed by atoms with Crippen LogP contribution in [0.5, 0.6) is 0 Å². The second kappa shape index (κ2) is 5.44. The molecular formula is C15H18FN3O2. The molecule has 1 aromatic rings. The zero-order valence-electron chi connectivity index (χ0n) is 11.9. The molecule has 2 fully saturated rings. The lowest BCUT2D eigenvalue weighted by Gasteiger charge is -2.35. The first-order chi connectivity index (χ1) is 10.1. The van der Waals surface area contributed by atoms with Gasteiger partial charge in [0.2, 0.25) is 11.8 Å². The van der Waals surface area contributed by atoms with Crippen LogP contribution in [0.1, 0.15) is 25.3 Å². The van der Waals surface area contributed by atoms with E-state index >= 15 is 0 Å². The van der Waals surface area contributed by atoms with Crippen molar-refractivity contribution in [3.63, 3.8) is 0 Å². The van der Waals surface area contributed by atoms with Gasteiger partial charge in [-0.3, -0.25) is 14.9 Å². The average molecular weight is 291 g/mol. The van der Waals surface area contributed by atoms with Crippen LogP contribution in [-0.4, -0.2) is 30.4 Å². The molecule has 0 bridgehead atoms. The Morgan fingerprint density at radius 1 is 1.38 bits per heavy atom. The van der Waals surface area contributed by atoms with E-state index in [4.69, 9.17) is 0 Å². The van der Waals surface area contributed by atoms with Gasteiger partial charge in [-0.25, -0.2) is 4.39 Å². The molecule has 21 heavy (non-hydrogen) atoms. The molecule has 5 nitrogen and oxygen atoms in total. The highest BCUT2D eigenvalue weighted by Gasteiger charge is 2.32. The van der Waals surface area contributed by atoms with Crippen molar-refractivity contribution in [2.45, 2.75) is 38.4 Å². The number of carbonyl (C=O) groups is 2. The van der Waals surface area contributed by atoms with Gasteiger partial charge in [-0.1, -0.05) is 6.07 Å². The van der Waals surface area contributed by atoms with Gasteiger partial charge < -0.3 is 10.2 Å². The Bertz CT molecular complexity index is 586. The number of carbonyl (C=O) groups excluding carboxylic acids is 2. The number of benzene rings is 1. The summed E-state index contributed by atoms with van der Waals surface area (Å²) in [5.41, 5.74) is 1.12. The summed E-state index contributed by atoms with van der Waals surface area (Å²) >= 11 is 0. The second-order valence-corrected chi connectivity index (χ2v) is 5.61. The molecule has 2 aliphatic rings. The maximum absolute atomic E-state index is 14.1. The SMILES string of the molecule is CC1C(=O)NC(=O)CN1c1cccc(F)c1CNC1CC1. The van der Waals surface area contributed by atoms with Crippen molar-refractivity contribution in [3.8, 4) is 0 Å². The highest BCUT2D eigenvalue weighted by molar-refractivity contribution is 6.04. The highest BCUT2D eigenvalue weighted by atomic mass is 19.1. The first-order valence-corrected chi connectivity index (χ1v) is 7.17. The number of anilines is 1. The maximum atomic E-state index is 14.1. The molecule has 0 radical (unpaired) electrons. The Morgan fingerprint density at radius 3 is 2.86 bits per heavy atom. The molecule has 1 atom stereocenters. The monoisotopic (exact) mass is 291 g/mol. The van der Waals surface area contributed by atoms with E-state index in [0.717, 1.165) is 12.8 Å². The summed E-state index contributed by atoms with van der Waals surface area (Å²) in [7, 11) is 0. The molecule has 0 aromatic heterocycles. The topological polar surface area (TPSA) is 61.4 Å². The first-order valence-electron chi connectivity index (χ1n) is 7.17. The van der Waals surface area contributed by atoms with Crippen molar-refractivity contribution < 1.29 is 14.0 Å². The van der Waals surface area contributed by atoms with Gasteiger partial charge in [0.05, 0.1) is 6.54 Å². The fourth-order valence-electron chi connectivity index (χ4n) is 2.53. The number of piperazine rings is 1. The van der Waals surface area contributed by atoms with Gasteiger partial charge in [-0.2, -0.15) is 0 Å². The number of imide groups is 1. The van der Waals surface area contributed by atoms with E-state index in [1.165, 1.54) is 6.07 Å². The number of rotatable bonds is 4. The number of amides is 2. The number of hydrogen-bond acceptors (Lipinski definition) is 4. The number of hydrogen-bond donors (Lipinski definition) is 2. The highest BCUT2D eigenvalue weighted by Crippen LogP contribution is 2.27. The van der Waals surface area contributed by atoms with Gasteiger partial charge in [0, 0.05) is 23.8 Å². The lowest BCUT2D eigenvalue weighted by molar-refractivity contribution is -0.132. The summed E-state index contributed by atoms with van der Waals surface area (Å²) in [6.45, 7) is 2.18. The standard InChI is InChI=1S/C15H18FN3O2/c1-9-15(21)18-14(20)8-19(9)13-4-2-3-12(16)11(13)7-17-10-5-6-10/h2-4,9-10,17H,5-8H2,1H3,(H,18,20,21). The summed E-state index contributed by atoms with van der Waals surface area (Å²) in [5.74, 6) is -1.02. The molecule has 1 aliphatic heterocycles. The number of nitrogens with zero attached hydrogens (tertiary/aromatic N) is 1. The van der Waals surface area contributed by atoms with Crippen molar-refractivity contribution in [1.29, 1.82) is 0 Å². The Labute approximate surface area is 122 Å². The predicted octanol–water partition coefficient (Wildman–Crippen LogP) is 0.929. The molecule has 1 aliphatic carbocycles. The van der Waals surface area contributed by atoms with Crippen LogP contribution < -0.4 is 15.5 Å². The van der Waals surface area contributed by atoms with Crippen molar-refractivity contribution in [2.75, 3.05) is 11.4 Å². The van der Waals surface area contributed by atoms with E-state index in [9.17, 15) is 14.0 Å². The molecule has 1 unspecified atom stereocenters. The van der Waals surface area contributed by atoms with Crippen LogP contribution in [0.25, 0.3) is 0 Å². The van der Waals surface area contributed by atoms with E-state index in [1.807, 2.05) is 0 Å². The third-order valence-corrected chi connectivity index (χ3v) is 3.97. The Kier molecular flexibility index (Phi) is 3.63. The largest absolute Gasteiger partial charge is 0.350 e. The lowest BCUT2D eigenvalue weighted by Crippen LogP contribution is -2.57. The Balaban J connectivity index is 1.90. The molecule has 3 rings (SSSR count). The zero-order chi connectivity index (χ0) is 15.0. The van der Waals surface area contributed by atoms with E-state index < -0.39 is 6.04 Å². The van der Waals surface area contributed by atoms with Crippen LogP contribution in [-0.2, 0) is 16.1 Å². The van der Waals surface area contributed by atoms with Crippen molar-refractivity contribution in [1.82, 2.24) is 10.6 Å². The van der Waals surface area contributed by atoms with Crippen LogP contribution in [0.15, 0.2) is 18.2 Å². The van der Waals surface area contributed by atoms with Crippen LogP contribution in [0.4, 0.5) is 10.1 Å². The molecule has 1 aromatic carbocycles. The number of halogens is 1. The second-order valence-electron chi connectivity index (χ2n) is 5.61. The quantitative estimate of drug-likeness (QED) is 0.810. The average Bonchev–Trinajstić information content (AvgIpc) is 3.25.